The van der Waals surface area contributed by atoms with E-state index in [4.69, 9.17) is 9.84 Å². The lowest BCUT2D eigenvalue weighted by atomic mass is 10.1. The smallest absolute Gasteiger partial charge is 0.407 e. The first kappa shape index (κ1) is 19.6. The van der Waals surface area contributed by atoms with Crippen LogP contribution in [0.2, 0.25) is 0 Å². The molecule has 0 saturated carbocycles. The van der Waals surface area contributed by atoms with E-state index < -0.39 is 6.09 Å². The number of ether oxygens (including phenoxy) is 1. The minimum absolute atomic E-state index is 0.222. The maximum Gasteiger partial charge on any atom is 0.407 e. The van der Waals surface area contributed by atoms with Gasteiger partial charge in [0.1, 0.15) is 11.5 Å². The van der Waals surface area contributed by atoms with Crippen molar-refractivity contribution in [3.8, 4) is 11.3 Å². The van der Waals surface area contributed by atoms with E-state index in [1.807, 2.05) is 35.0 Å². The van der Waals surface area contributed by atoms with Gasteiger partial charge in [0.2, 0.25) is 0 Å². The zero-order valence-electron chi connectivity index (χ0n) is 15.5. The number of carboxylic acid groups (broad SMARTS) is 1. The quantitative estimate of drug-likeness (QED) is 0.600. The lowest BCUT2D eigenvalue weighted by molar-refractivity contribution is 0.0546. The third-order valence-corrected chi connectivity index (χ3v) is 5.71. The molecule has 6 nitrogen and oxygen atoms in total. The van der Waals surface area contributed by atoms with Gasteiger partial charge in [-0.1, -0.05) is 30.3 Å². The van der Waals surface area contributed by atoms with Gasteiger partial charge in [-0.15, -0.1) is 0 Å². The topological polar surface area (TPSA) is 67.6 Å². The van der Waals surface area contributed by atoms with Gasteiger partial charge >= 0.3 is 6.09 Å². The molecule has 8 heteroatoms. The SMILES string of the molecule is O=C(O)N1Cc2c(Br)c(-c3ccc(F)cc3)nn2C(COCc2ccccc2)C1. The molecule has 29 heavy (non-hydrogen) atoms. The van der Waals surface area contributed by atoms with Crippen LogP contribution in [0.4, 0.5) is 9.18 Å². The second-order valence-corrected chi connectivity index (χ2v) is 7.67. The molecule has 0 spiro atoms. The minimum Gasteiger partial charge on any atom is -0.465 e. The van der Waals surface area contributed by atoms with Crippen molar-refractivity contribution >= 4 is 22.0 Å². The van der Waals surface area contributed by atoms with Crippen LogP contribution in [0.25, 0.3) is 11.3 Å². The number of nitrogens with zero attached hydrogens (tertiary/aromatic N) is 3. The Labute approximate surface area is 175 Å². The molecule has 1 aromatic heterocycles. The van der Waals surface area contributed by atoms with E-state index in [1.54, 1.807) is 12.1 Å². The molecule has 2 heterocycles. The summed E-state index contributed by atoms with van der Waals surface area (Å²) < 4.78 is 21.7. The molecule has 3 aromatic rings. The van der Waals surface area contributed by atoms with Crippen LogP contribution in [0.3, 0.4) is 0 Å². The van der Waals surface area contributed by atoms with Crippen molar-refractivity contribution in [2.75, 3.05) is 13.2 Å². The minimum atomic E-state index is -0.985. The number of benzene rings is 2. The van der Waals surface area contributed by atoms with Gasteiger partial charge in [-0.05, 0) is 45.8 Å². The fourth-order valence-electron chi connectivity index (χ4n) is 3.42. The van der Waals surface area contributed by atoms with E-state index in [2.05, 4.69) is 15.9 Å². The maximum absolute atomic E-state index is 13.3. The van der Waals surface area contributed by atoms with Crippen LogP contribution >= 0.6 is 15.9 Å². The van der Waals surface area contributed by atoms with Gasteiger partial charge in [0.25, 0.3) is 0 Å². The van der Waals surface area contributed by atoms with Crippen molar-refractivity contribution in [1.29, 1.82) is 0 Å². The molecule has 0 radical (unpaired) electrons. The van der Waals surface area contributed by atoms with E-state index in [9.17, 15) is 14.3 Å². The van der Waals surface area contributed by atoms with Crippen LogP contribution in [0.5, 0.6) is 0 Å². The highest BCUT2D eigenvalue weighted by molar-refractivity contribution is 9.10. The standard InChI is InChI=1S/C21H19BrFN3O3/c22-19-18-11-25(21(27)28)10-17(13-29-12-14-4-2-1-3-5-14)26(18)24-20(19)15-6-8-16(23)9-7-15/h1-9,17H,10-13H2,(H,27,28). The second-order valence-electron chi connectivity index (χ2n) is 6.88. The van der Waals surface area contributed by atoms with Gasteiger partial charge in [0.15, 0.2) is 0 Å². The van der Waals surface area contributed by atoms with Gasteiger partial charge in [0.05, 0.1) is 36.0 Å². The molecule has 2 aromatic carbocycles. The highest BCUT2D eigenvalue weighted by Gasteiger charge is 2.32. The monoisotopic (exact) mass is 459 g/mol. The molecule has 0 saturated heterocycles. The van der Waals surface area contributed by atoms with Crippen LogP contribution in [0.1, 0.15) is 17.3 Å². The molecule has 1 aliphatic rings. The number of carbonyl (C=O) groups is 1. The molecule has 1 unspecified atom stereocenters. The van der Waals surface area contributed by atoms with Crippen LogP contribution < -0.4 is 0 Å². The van der Waals surface area contributed by atoms with Crippen molar-refractivity contribution in [3.05, 3.63) is 76.1 Å². The van der Waals surface area contributed by atoms with Crippen LogP contribution in [-0.2, 0) is 17.9 Å². The average molecular weight is 460 g/mol. The molecular weight excluding hydrogens is 441 g/mol. The summed E-state index contributed by atoms with van der Waals surface area (Å²) in [5.74, 6) is -0.321. The summed E-state index contributed by atoms with van der Waals surface area (Å²) in [6.07, 6.45) is -0.985. The van der Waals surface area contributed by atoms with E-state index in [0.29, 0.717) is 23.4 Å². The highest BCUT2D eigenvalue weighted by Crippen LogP contribution is 2.35. The van der Waals surface area contributed by atoms with Gasteiger partial charge in [0, 0.05) is 12.1 Å². The molecule has 150 valence electrons. The summed E-state index contributed by atoms with van der Waals surface area (Å²) in [5.41, 5.74) is 3.21. The molecule has 1 atom stereocenters. The summed E-state index contributed by atoms with van der Waals surface area (Å²) in [5, 5.41) is 14.2. The Bertz CT molecular complexity index is 1010. The molecule has 0 bridgehead atoms. The lowest BCUT2D eigenvalue weighted by Crippen LogP contribution is -2.42. The lowest BCUT2D eigenvalue weighted by Gasteiger charge is -2.32. The fourth-order valence-corrected chi connectivity index (χ4v) is 4.03. The zero-order chi connectivity index (χ0) is 20.4. The molecule has 1 N–H and O–H groups in total. The zero-order valence-corrected chi connectivity index (χ0v) is 17.0. The van der Waals surface area contributed by atoms with E-state index in [1.165, 1.54) is 17.0 Å². The normalized spacial score (nSPS) is 15.9. The third-order valence-electron chi connectivity index (χ3n) is 4.87. The summed E-state index contributed by atoms with van der Waals surface area (Å²) in [7, 11) is 0. The van der Waals surface area contributed by atoms with Crippen LogP contribution in [0, 0.1) is 5.82 Å². The molecule has 0 fully saturated rings. The van der Waals surface area contributed by atoms with Crippen molar-refractivity contribution < 1.29 is 19.0 Å². The molecule has 0 aliphatic carbocycles. The number of aromatic nitrogens is 2. The van der Waals surface area contributed by atoms with Crippen molar-refractivity contribution in [3.63, 3.8) is 0 Å². The Morgan fingerprint density at radius 1 is 1.21 bits per heavy atom. The first-order valence-electron chi connectivity index (χ1n) is 9.15. The van der Waals surface area contributed by atoms with Gasteiger partial charge in [-0.3, -0.25) is 4.68 Å². The molecule has 1 aliphatic heterocycles. The molecular formula is C21H19BrFN3O3. The predicted octanol–water partition coefficient (Wildman–Crippen LogP) is 4.70. The van der Waals surface area contributed by atoms with Crippen molar-refractivity contribution in [2.45, 2.75) is 19.2 Å². The number of hydrogen-bond donors (Lipinski definition) is 1. The second kappa shape index (κ2) is 8.34. The van der Waals surface area contributed by atoms with Gasteiger partial charge in [-0.25, -0.2) is 9.18 Å². The Balaban J connectivity index is 1.60. The Morgan fingerprint density at radius 2 is 1.93 bits per heavy atom. The van der Waals surface area contributed by atoms with Crippen molar-refractivity contribution in [1.82, 2.24) is 14.7 Å². The maximum atomic E-state index is 13.3. The van der Waals surface area contributed by atoms with Crippen LogP contribution in [0.15, 0.2) is 59.1 Å². The van der Waals surface area contributed by atoms with Gasteiger partial charge in [-0.2, -0.15) is 5.10 Å². The molecule has 1 amide bonds. The van der Waals surface area contributed by atoms with E-state index in [-0.39, 0.29) is 24.9 Å². The van der Waals surface area contributed by atoms with E-state index in [0.717, 1.165) is 16.8 Å². The number of halogens is 2. The summed E-state index contributed by atoms with van der Waals surface area (Å²) in [6.45, 7) is 1.27. The third kappa shape index (κ3) is 4.18. The Kier molecular flexibility index (Phi) is 5.64. The summed E-state index contributed by atoms with van der Waals surface area (Å²) >= 11 is 3.56. The van der Waals surface area contributed by atoms with Crippen molar-refractivity contribution in [2.24, 2.45) is 0 Å². The first-order valence-corrected chi connectivity index (χ1v) is 9.94. The Morgan fingerprint density at radius 3 is 2.62 bits per heavy atom. The largest absolute Gasteiger partial charge is 0.465 e. The highest BCUT2D eigenvalue weighted by atomic mass is 79.9. The Hall–Kier alpha value is -2.71. The van der Waals surface area contributed by atoms with Crippen LogP contribution in [-0.4, -0.2) is 39.0 Å². The molecule has 4 rings (SSSR count). The van der Waals surface area contributed by atoms with E-state index >= 15 is 0 Å². The van der Waals surface area contributed by atoms with Gasteiger partial charge < -0.3 is 14.7 Å². The number of fused-ring (bicyclic) bond motifs is 1. The number of hydrogen-bond acceptors (Lipinski definition) is 3. The predicted molar refractivity (Wildman–Crippen MR) is 109 cm³/mol. The average Bonchev–Trinajstić information content (AvgIpc) is 3.06. The first-order chi connectivity index (χ1) is 14.0. The summed E-state index contributed by atoms with van der Waals surface area (Å²) in [4.78, 5) is 13.0. The number of rotatable bonds is 5. The number of amides is 1. The fraction of sp³-hybridized carbons (Fsp3) is 0.238. The summed E-state index contributed by atoms with van der Waals surface area (Å²) in [6, 6.07) is 15.6.